The molecule has 0 atom stereocenters. The van der Waals surface area contributed by atoms with Crippen molar-refractivity contribution in [3.63, 3.8) is 0 Å². The van der Waals surface area contributed by atoms with Crippen molar-refractivity contribution in [3.05, 3.63) is 78.5 Å². The van der Waals surface area contributed by atoms with E-state index in [0.29, 0.717) is 5.69 Å². The minimum absolute atomic E-state index is 0.0927. The third-order valence-electron chi connectivity index (χ3n) is 3.51. The second-order valence-corrected chi connectivity index (χ2v) is 6.91. The first kappa shape index (κ1) is 17.1. The van der Waals surface area contributed by atoms with Gasteiger partial charge in [0.1, 0.15) is 5.82 Å². The van der Waals surface area contributed by atoms with Crippen LogP contribution in [0.1, 0.15) is 5.56 Å². The van der Waals surface area contributed by atoms with Crippen LogP contribution >= 0.6 is 0 Å². The van der Waals surface area contributed by atoms with E-state index in [1.165, 1.54) is 34.9 Å². The number of rotatable bonds is 4. The van der Waals surface area contributed by atoms with Crippen molar-refractivity contribution >= 4 is 15.8 Å². The highest BCUT2D eigenvalue weighted by Crippen LogP contribution is 2.30. The van der Waals surface area contributed by atoms with E-state index < -0.39 is 21.8 Å². The Labute approximate surface area is 142 Å². The quantitative estimate of drug-likeness (QED) is 0.749. The predicted octanol–water partition coefficient (Wildman–Crippen LogP) is 4.30. The molecule has 0 aliphatic rings. The van der Waals surface area contributed by atoms with Gasteiger partial charge in [0.2, 0.25) is 0 Å². The molecule has 1 aromatic heterocycles. The number of nitrogens with one attached hydrogen (secondary N) is 1. The van der Waals surface area contributed by atoms with Gasteiger partial charge in [-0.3, -0.25) is 4.72 Å². The number of alkyl halides is 3. The lowest BCUT2D eigenvalue weighted by Gasteiger charge is -2.13. The van der Waals surface area contributed by atoms with Gasteiger partial charge in [-0.2, -0.15) is 13.2 Å². The Kier molecular flexibility index (Phi) is 4.30. The number of halogens is 3. The van der Waals surface area contributed by atoms with E-state index in [9.17, 15) is 21.6 Å². The summed E-state index contributed by atoms with van der Waals surface area (Å²) in [4.78, 5) is 0.0927. The van der Waals surface area contributed by atoms with Gasteiger partial charge in [0, 0.05) is 11.9 Å². The molecular formula is C17H13F3N2O2S. The van der Waals surface area contributed by atoms with Crippen LogP contribution in [-0.4, -0.2) is 13.0 Å². The minimum atomic E-state index is -4.42. The van der Waals surface area contributed by atoms with Gasteiger partial charge >= 0.3 is 6.18 Å². The Morgan fingerprint density at radius 1 is 0.840 bits per heavy atom. The van der Waals surface area contributed by atoms with E-state index in [-0.39, 0.29) is 10.7 Å². The summed E-state index contributed by atoms with van der Waals surface area (Å²) in [5.41, 5.74) is -0.362. The van der Waals surface area contributed by atoms with Crippen molar-refractivity contribution < 1.29 is 21.6 Å². The van der Waals surface area contributed by atoms with E-state index in [2.05, 4.69) is 4.72 Å². The highest BCUT2D eigenvalue weighted by molar-refractivity contribution is 7.92. The molecular weight excluding hydrogens is 353 g/mol. The predicted molar refractivity (Wildman–Crippen MR) is 88.0 cm³/mol. The van der Waals surface area contributed by atoms with Gasteiger partial charge in [-0.05, 0) is 48.5 Å². The molecule has 3 rings (SSSR count). The van der Waals surface area contributed by atoms with E-state index >= 15 is 0 Å². The number of benzene rings is 2. The summed E-state index contributed by atoms with van der Waals surface area (Å²) >= 11 is 0. The molecule has 0 amide bonds. The van der Waals surface area contributed by atoms with Crippen LogP contribution < -0.4 is 4.72 Å². The normalized spacial score (nSPS) is 12.1. The standard InChI is InChI=1S/C17H13F3N2O2S/c18-17(19,20)13-8-10-14(11-9-13)22-12-4-7-16(22)21-25(23,24)15-5-2-1-3-6-15/h1-12,21H. The third kappa shape index (κ3) is 3.69. The van der Waals surface area contributed by atoms with E-state index in [0.717, 1.165) is 12.1 Å². The molecule has 130 valence electrons. The molecule has 1 heterocycles. The van der Waals surface area contributed by atoms with Gasteiger partial charge in [0.05, 0.1) is 10.5 Å². The van der Waals surface area contributed by atoms with Crippen molar-refractivity contribution in [1.29, 1.82) is 0 Å². The molecule has 0 radical (unpaired) electrons. The lowest BCUT2D eigenvalue weighted by Crippen LogP contribution is -2.15. The maximum atomic E-state index is 12.7. The zero-order valence-electron chi connectivity index (χ0n) is 12.7. The van der Waals surface area contributed by atoms with Crippen molar-refractivity contribution in [1.82, 2.24) is 4.57 Å². The molecule has 0 fully saturated rings. The molecule has 0 aliphatic heterocycles. The molecule has 1 N–H and O–H groups in total. The number of hydrogen-bond acceptors (Lipinski definition) is 2. The first-order valence-electron chi connectivity index (χ1n) is 7.20. The zero-order valence-corrected chi connectivity index (χ0v) is 13.6. The van der Waals surface area contributed by atoms with E-state index in [1.54, 1.807) is 30.5 Å². The Bertz CT molecular complexity index is 963. The Morgan fingerprint density at radius 3 is 2.08 bits per heavy atom. The molecule has 8 heteroatoms. The molecule has 3 aromatic rings. The van der Waals surface area contributed by atoms with Gasteiger partial charge < -0.3 is 4.57 Å². The fraction of sp³-hybridized carbons (Fsp3) is 0.0588. The summed E-state index contributed by atoms with van der Waals surface area (Å²) in [7, 11) is -3.80. The third-order valence-corrected chi connectivity index (χ3v) is 4.88. The summed E-state index contributed by atoms with van der Waals surface area (Å²) < 4.78 is 66.6. The zero-order chi connectivity index (χ0) is 18.1. The molecule has 0 unspecified atom stereocenters. The van der Waals surface area contributed by atoms with Crippen LogP contribution in [-0.2, 0) is 16.2 Å². The van der Waals surface area contributed by atoms with Gasteiger partial charge in [0.15, 0.2) is 0 Å². The summed E-state index contributed by atoms with van der Waals surface area (Å²) in [5.74, 6) is 0.226. The second kappa shape index (κ2) is 6.29. The van der Waals surface area contributed by atoms with Gasteiger partial charge in [-0.25, -0.2) is 8.42 Å². The van der Waals surface area contributed by atoms with Crippen molar-refractivity contribution in [2.24, 2.45) is 0 Å². The fourth-order valence-electron chi connectivity index (χ4n) is 2.30. The average molecular weight is 366 g/mol. The number of nitrogens with zero attached hydrogens (tertiary/aromatic N) is 1. The van der Waals surface area contributed by atoms with Gasteiger partial charge in [-0.15, -0.1) is 0 Å². The Morgan fingerprint density at radius 2 is 1.48 bits per heavy atom. The van der Waals surface area contributed by atoms with Crippen molar-refractivity contribution in [2.45, 2.75) is 11.1 Å². The van der Waals surface area contributed by atoms with Crippen LogP contribution in [0.15, 0.2) is 77.8 Å². The van der Waals surface area contributed by atoms with Crippen LogP contribution in [0.5, 0.6) is 0 Å². The molecule has 0 aliphatic carbocycles. The maximum absolute atomic E-state index is 12.7. The largest absolute Gasteiger partial charge is 0.416 e. The summed E-state index contributed by atoms with van der Waals surface area (Å²) in [6.07, 6.45) is -2.86. The summed E-state index contributed by atoms with van der Waals surface area (Å²) in [5, 5.41) is 0. The topological polar surface area (TPSA) is 51.1 Å². The van der Waals surface area contributed by atoms with Crippen LogP contribution in [0.25, 0.3) is 5.69 Å². The molecule has 0 bridgehead atoms. The molecule has 2 aromatic carbocycles. The van der Waals surface area contributed by atoms with E-state index in [4.69, 9.17) is 0 Å². The highest BCUT2D eigenvalue weighted by atomic mass is 32.2. The number of anilines is 1. The molecule has 25 heavy (non-hydrogen) atoms. The SMILES string of the molecule is O=S(=O)(Nc1cccn1-c1ccc(C(F)(F)F)cc1)c1ccccc1. The Balaban J connectivity index is 1.91. The van der Waals surface area contributed by atoms with E-state index in [1.807, 2.05) is 0 Å². The number of aromatic nitrogens is 1. The Hall–Kier alpha value is -2.74. The first-order valence-corrected chi connectivity index (χ1v) is 8.68. The highest BCUT2D eigenvalue weighted by Gasteiger charge is 2.30. The van der Waals surface area contributed by atoms with Crippen LogP contribution in [0.2, 0.25) is 0 Å². The second-order valence-electron chi connectivity index (χ2n) is 5.23. The minimum Gasteiger partial charge on any atom is -0.303 e. The van der Waals surface area contributed by atoms with Crippen molar-refractivity contribution in [3.8, 4) is 5.69 Å². The monoisotopic (exact) mass is 366 g/mol. The van der Waals surface area contributed by atoms with Crippen molar-refractivity contribution in [2.75, 3.05) is 4.72 Å². The first-order chi connectivity index (χ1) is 11.8. The fourth-order valence-corrected chi connectivity index (χ4v) is 3.37. The van der Waals surface area contributed by atoms with Gasteiger partial charge in [0.25, 0.3) is 10.0 Å². The lowest BCUT2D eigenvalue weighted by atomic mass is 10.2. The lowest BCUT2D eigenvalue weighted by molar-refractivity contribution is -0.137. The maximum Gasteiger partial charge on any atom is 0.416 e. The summed E-state index contributed by atoms with van der Waals surface area (Å²) in [6, 6.07) is 15.4. The van der Waals surface area contributed by atoms with Crippen LogP contribution in [0, 0.1) is 0 Å². The van der Waals surface area contributed by atoms with Crippen LogP contribution in [0.3, 0.4) is 0 Å². The van der Waals surface area contributed by atoms with Crippen LogP contribution in [0.4, 0.5) is 19.0 Å². The molecule has 0 saturated heterocycles. The summed E-state index contributed by atoms with van der Waals surface area (Å²) in [6.45, 7) is 0. The number of sulfonamides is 1. The van der Waals surface area contributed by atoms with Gasteiger partial charge in [-0.1, -0.05) is 18.2 Å². The molecule has 0 saturated carbocycles. The smallest absolute Gasteiger partial charge is 0.303 e. The number of hydrogen-bond donors (Lipinski definition) is 1. The molecule has 4 nitrogen and oxygen atoms in total. The average Bonchev–Trinajstić information content (AvgIpc) is 3.02. The molecule has 0 spiro atoms.